The molecule has 0 aromatic heterocycles. The van der Waals surface area contributed by atoms with Crippen molar-refractivity contribution in [1.29, 1.82) is 0 Å². The lowest BCUT2D eigenvalue weighted by atomic mass is 10.2. The van der Waals surface area contributed by atoms with Crippen LogP contribution < -0.4 is 20.6 Å². The van der Waals surface area contributed by atoms with Gasteiger partial charge < -0.3 is 20.1 Å². The molecule has 168 valence electrons. The van der Waals surface area contributed by atoms with E-state index >= 15 is 0 Å². The summed E-state index contributed by atoms with van der Waals surface area (Å²) >= 11 is 0. The molecule has 1 aliphatic carbocycles. The van der Waals surface area contributed by atoms with E-state index in [2.05, 4.69) is 10.8 Å². The van der Waals surface area contributed by atoms with E-state index in [0.717, 1.165) is 22.6 Å². The van der Waals surface area contributed by atoms with Crippen molar-refractivity contribution < 1.29 is 33.1 Å². The minimum absolute atomic E-state index is 0.0734. The van der Waals surface area contributed by atoms with Crippen LogP contribution in [0.25, 0.3) is 0 Å². The summed E-state index contributed by atoms with van der Waals surface area (Å²) in [6, 6.07) is 2.26. The summed E-state index contributed by atoms with van der Waals surface area (Å²) in [4.78, 5) is 30.9. The predicted molar refractivity (Wildman–Crippen MR) is 106 cm³/mol. The molecule has 1 aromatic carbocycles. The summed E-state index contributed by atoms with van der Waals surface area (Å²) in [5.41, 5.74) is 3.74. The number of piperidine rings is 1. The molecule has 1 saturated carbocycles. The fraction of sp³-hybridized carbons (Fsp3) is 0.500. The van der Waals surface area contributed by atoms with Crippen molar-refractivity contribution in [2.45, 2.75) is 13.0 Å². The van der Waals surface area contributed by atoms with Crippen LogP contribution in [-0.2, 0) is 14.4 Å². The van der Waals surface area contributed by atoms with E-state index in [-0.39, 0.29) is 55.4 Å². The van der Waals surface area contributed by atoms with Crippen LogP contribution >= 0.6 is 0 Å². The second kappa shape index (κ2) is 8.67. The molecule has 4 rings (SSSR count). The maximum absolute atomic E-state index is 14.8. The van der Waals surface area contributed by atoms with Gasteiger partial charge in [-0.15, -0.1) is 0 Å². The first-order valence-electron chi connectivity index (χ1n) is 10.0. The van der Waals surface area contributed by atoms with E-state index in [1.807, 2.05) is 0 Å². The highest BCUT2D eigenvalue weighted by molar-refractivity contribution is 5.90. The SMILES string of the molecule is CC(=O)NC[C@H]1CN(c2cc(F)c(N3C[C@@H]4C(=CNOCCO)[C@@H]4C3)c(F)c2)C(=O)O1. The Morgan fingerprint density at radius 2 is 1.97 bits per heavy atom. The van der Waals surface area contributed by atoms with Gasteiger partial charge in [-0.3, -0.25) is 20.0 Å². The van der Waals surface area contributed by atoms with Gasteiger partial charge in [-0.2, -0.15) is 0 Å². The number of aliphatic hydroxyl groups excluding tert-OH is 1. The topological polar surface area (TPSA) is 103 Å². The number of ether oxygens (including phenoxy) is 1. The van der Waals surface area contributed by atoms with Crippen molar-refractivity contribution in [1.82, 2.24) is 10.8 Å². The molecule has 2 amide bonds. The standard InChI is InChI=1S/C20H24F2N4O5/c1-11(28)23-6-13-8-26(20(29)31-13)12-4-17(21)19(18(22)5-12)25-9-15-14(16(15)10-25)7-24-30-3-2-27/h4-5,7,13,15-16,24,27H,2-3,6,8-10H2,1H3,(H,23,28)/t13-,15-,16+/m0/s1. The third kappa shape index (κ3) is 4.42. The van der Waals surface area contributed by atoms with Crippen LogP contribution in [0.2, 0.25) is 0 Å². The van der Waals surface area contributed by atoms with Crippen molar-refractivity contribution >= 4 is 23.4 Å². The lowest BCUT2D eigenvalue weighted by Crippen LogP contribution is -2.33. The Morgan fingerprint density at radius 3 is 2.58 bits per heavy atom. The minimum atomic E-state index is -0.746. The van der Waals surface area contributed by atoms with Gasteiger partial charge in [0.1, 0.15) is 11.8 Å². The number of fused-ring (bicyclic) bond motifs is 1. The summed E-state index contributed by atoms with van der Waals surface area (Å²) in [5, 5.41) is 11.2. The lowest BCUT2D eigenvalue weighted by molar-refractivity contribution is -0.119. The Bertz CT molecular complexity index is 875. The highest BCUT2D eigenvalue weighted by Gasteiger charge is 2.51. The van der Waals surface area contributed by atoms with Crippen molar-refractivity contribution in [3.8, 4) is 0 Å². The number of aliphatic hydroxyl groups is 1. The third-order valence-electron chi connectivity index (χ3n) is 5.65. The number of hydroxylamine groups is 1. The minimum Gasteiger partial charge on any atom is -0.442 e. The van der Waals surface area contributed by atoms with Crippen molar-refractivity contribution in [2.75, 3.05) is 49.2 Å². The highest BCUT2D eigenvalue weighted by atomic mass is 19.1. The van der Waals surface area contributed by atoms with Gasteiger partial charge in [-0.05, 0) is 5.57 Å². The van der Waals surface area contributed by atoms with Crippen molar-refractivity contribution in [2.24, 2.45) is 11.8 Å². The van der Waals surface area contributed by atoms with Gasteiger partial charge in [0.15, 0.2) is 11.6 Å². The van der Waals surface area contributed by atoms with E-state index in [4.69, 9.17) is 14.7 Å². The fourth-order valence-electron chi connectivity index (χ4n) is 4.14. The number of carbonyl (C=O) groups excluding carboxylic acids is 2. The number of nitrogens with one attached hydrogen (secondary N) is 2. The molecule has 31 heavy (non-hydrogen) atoms. The van der Waals surface area contributed by atoms with Crippen LogP contribution in [0.15, 0.2) is 23.9 Å². The molecular formula is C20H24F2N4O5. The number of carbonyl (C=O) groups is 2. The predicted octanol–water partition coefficient (Wildman–Crippen LogP) is 0.889. The molecule has 2 saturated heterocycles. The van der Waals surface area contributed by atoms with Gasteiger partial charge >= 0.3 is 6.09 Å². The largest absolute Gasteiger partial charge is 0.442 e. The van der Waals surface area contributed by atoms with Gasteiger partial charge in [-0.25, -0.2) is 13.6 Å². The number of cyclic esters (lactones) is 1. The third-order valence-corrected chi connectivity index (χ3v) is 5.65. The molecule has 0 spiro atoms. The molecule has 0 radical (unpaired) electrons. The van der Waals surface area contributed by atoms with E-state index < -0.39 is 23.8 Å². The van der Waals surface area contributed by atoms with E-state index in [0.29, 0.717) is 13.1 Å². The van der Waals surface area contributed by atoms with Crippen LogP contribution in [0.5, 0.6) is 0 Å². The molecule has 1 aromatic rings. The Hall–Kier alpha value is -2.92. The van der Waals surface area contributed by atoms with E-state index in [9.17, 15) is 18.4 Å². The second-order valence-electron chi connectivity index (χ2n) is 7.76. The summed E-state index contributed by atoms with van der Waals surface area (Å²) in [6.07, 6.45) is 0.428. The number of amides is 2. The molecule has 0 unspecified atom stereocenters. The molecule has 3 atom stereocenters. The second-order valence-corrected chi connectivity index (χ2v) is 7.76. The zero-order valence-electron chi connectivity index (χ0n) is 16.9. The highest BCUT2D eigenvalue weighted by Crippen LogP contribution is 2.52. The quantitative estimate of drug-likeness (QED) is 0.409. The Kier molecular flexibility index (Phi) is 5.96. The van der Waals surface area contributed by atoms with Gasteiger partial charge in [0.05, 0.1) is 32.0 Å². The average molecular weight is 438 g/mol. The van der Waals surface area contributed by atoms with Crippen LogP contribution in [0.4, 0.5) is 25.0 Å². The van der Waals surface area contributed by atoms with Gasteiger partial charge in [-0.1, -0.05) is 0 Å². The average Bonchev–Trinajstić information content (AvgIpc) is 3.03. The summed E-state index contributed by atoms with van der Waals surface area (Å²) in [5.74, 6) is -1.35. The maximum atomic E-state index is 14.8. The molecule has 3 N–H and O–H groups in total. The molecule has 2 aliphatic heterocycles. The normalized spacial score (nSPS) is 25.6. The van der Waals surface area contributed by atoms with Crippen molar-refractivity contribution in [3.05, 3.63) is 35.5 Å². The van der Waals surface area contributed by atoms with Crippen molar-refractivity contribution in [3.63, 3.8) is 0 Å². The Labute approximate surface area is 177 Å². The first-order valence-corrected chi connectivity index (χ1v) is 10.0. The van der Waals surface area contributed by atoms with Gasteiger partial charge in [0.25, 0.3) is 0 Å². The first-order chi connectivity index (χ1) is 14.9. The maximum Gasteiger partial charge on any atom is 0.414 e. The number of hydrogen-bond acceptors (Lipinski definition) is 7. The fourth-order valence-corrected chi connectivity index (χ4v) is 4.14. The molecule has 3 aliphatic rings. The number of benzene rings is 1. The molecule has 9 nitrogen and oxygen atoms in total. The molecule has 0 bridgehead atoms. The van der Waals surface area contributed by atoms with Crippen LogP contribution in [0.1, 0.15) is 6.92 Å². The number of halogens is 2. The smallest absolute Gasteiger partial charge is 0.414 e. The monoisotopic (exact) mass is 438 g/mol. The van der Waals surface area contributed by atoms with Gasteiger partial charge in [0.2, 0.25) is 5.91 Å². The lowest BCUT2D eigenvalue weighted by Gasteiger charge is -2.23. The van der Waals surface area contributed by atoms with E-state index in [1.54, 1.807) is 11.1 Å². The number of hydrogen-bond donors (Lipinski definition) is 3. The zero-order chi connectivity index (χ0) is 22.1. The summed E-state index contributed by atoms with van der Waals surface area (Å²) in [6.45, 7) is 2.62. The van der Waals surface area contributed by atoms with E-state index in [1.165, 1.54) is 6.92 Å². The molecule has 3 fully saturated rings. The summed E-state index contributed by atoms with van der Waals surface area (Å²) in [7, 11) is 0. The first kappa shape index (κ1) is 21.3. The number of rotatable bonds is 8. The summed E-state index contributed by atoms with van der Waals surface area (Å²) < 4.78 is 34.8. The molecule has 2 heterocycles. The van der Waals surface area contributed by atoms with Gasteiger partial charge in [0, 0.05) is 50.2 Å². The van der Waals surface area contributed by atoms with Crippen LogP contribution in [0, 0.1) is 23.5 Å². The van der Waals surface area contributed by atoms with Crippen LogP contribution in [-0.4, -0.2) is 62.6 Å². The molecular weight excluding hydrogens is 414 g/mol. The number of nitrogens with zero attached hydrogens (tertiary/aromatic N) is 2. The Morgan fingerprint density at radius 1 is 1.29 bits per heavy atom. The molecule has 11 heteroatoms. The number of anilines is 2. The zero-order valence-corrected chi connectivity index (χ0v) is 16.9. The Balaban J connectivity index is 1.39. The van der Waals surface area contributed by atoms with Crippen LogP contribution in [0.3, 0.4) is 0 Å².